The van der Waals surface area contributed by atoms with Crippen LogP contribution in [0.4, 0.5) is 11.6 Å². The Hall–Kier alpha value is -4.00. The van der Waals surface area contributed by atoms with Crippen molar-refractivity contribution >= 4 is 17.5 Å². The van der Waals surface area contributed by atoms with Crippen molar-refractivity contribution in [2.24, 2.45) is 0 Å². The molecular weight excluding hydrogens is 424 g/mol. The number of benzene rings is 2. The van der Waals surface area contributed by atoms with Crippen molar-refractivity contribution in [3.8, 4) is 22.5 Å². The third-order valence-corrected chi connectivity index (χ3v) is 6.60. The lowest BCUT2D eigenvalue weighted by atomic mass is 10.0. The van der Waals surface area contributed by atoms with E-state index in [0.29, 0.717) is 24.2 Å². The van der Waals surface area contributed by atoms with Crippen molar-refractivity contribution in [3.63, 3.8) is 0 Å². The number of carbonyl (C=O) groups is 1. The van der Waals surface area contributed by atoms with Crippen molar-refractivity contribution in [1.29, 1.82) is 0 Å². The number of carbonyl (C=O) groups excluding carboxylic acids is 1. The Morgan fingerprint density at radius 2 is 1.79 bits per heavy atom. The SMILES string of the molecule is CCn1nc(-c2ccc(-c3ccc(C4CC4)nc3)cc2)nc1Nc1ccc2c(c1)C(C)NC2=O. The molecule has 2 aromatic heterocycles. The van der Waals surface area contributed by atoms with E-state index in [1.165, 1.54) is 18.5 Å². The Morgan fingerprint density at radius 3 is 2.50 bits per heavy atom. The number of pyridine rings is 1. The van der Waals surface area contributed by atoms with Gasteiger partial charge in [-0.05, 0) is 62.1 Å². The second-order valence-corrected chi connectivity index (χ2v) is 9.02. The van der Waals surface area contributed by atoms with E-state index in [2.05, 4.69) is 52.0 Å². The number of amides is 1. The molecule has 1 atom stereocenters. The van der Waals surface area contributed by atoms with Gasteiger partial charge in [-0.1, -0.05) is 30.3 Å². The molecule has 2 aliphatic rings. The summed E-state index contributed by atoms with van der Waals surface area (Å²) in [6, 6.07) is 18.4. The van der Waals surface area contributed by atoms with E-state index in [0.717, 1.165) is 33.5 Å². The van der Waals surface area contributed by atoms with Crippen LogP contribution >= 0.6 is 0 Å². The van der Waals surface area contributed by atoms with Gasteiger partial charge in [-0.3, -0.25) is 9.78 Å². The maximum atomic E-state index is 12.0. The molecule has 1 aliphatic heterocycles. The van der Waals surface area contributed by atoms with Crippen molar-refractivity contribution < 1.29 is 4.79 Å². The van der Waals surface area contributed by atoms with Crippen molar-refractivity contribution in [2.75, 3.05) is 5.32 Å². The number of hydrogen-bond acceptors (Lipinski definition) is 5. The lowest BCUT2D eigenvalue weighted by Gasteiger charge is -2.09. The first-order chi connectivity index (χ1) is 16.6. The highest BCUT2D eigenvalue weighted by Gasteiger charge is 2.26. The van der Waals surface area contributed by atoms with Crippen molar-refractivity contribution in [1.82, 2.24) is 25.1 Å². The summed E-state index contributed by atoms with van der Waals surface area (Å²) in [4.78, 5) is 21.4. The predicted molar refractivity (Wildman–Crippen MR) is 132 cm³/mol. The van der Waals surface area contributed by atoms with Gasteiger partial charge in [0.2, 0.25) is 5.95 Å². The molecule has 1 unspecified atom stereocenters. The Morgan fingerprint density at radius 1 is 1.03 bits per heavy atom. The maximum Gasteiger partial charge on any atom is 0.252 e. The molecule has 0 saturated heterocycles. The first-order valence-electron chi connectivity index (χ1n) is 11.8. The zero-order valence-corrected chi connectivity index (χ0v) is 19.2. The molecule has 7 heteroatoms. The molecule has 1 saturated carbocycles. The van der Waals surface area contributed by atoms with E-state index in [9.17, 15) is 4.79 Å². The summed E-state index contributed by atoms with van der Waals surface area (Å²) in [5.74, 6) is 1.99. The monoisotopic (exact) mass is 450 g/mol. The van der Waals surface area contributed by atoms with Gasteiger partial charge in [0.05, 0.1) is 6.04 Å². The number of fused-ring (bicyclic) bond motifs is 1. The Balaban J connectivity index is 1.23. The summed E-state index contributed by atoms with van der Waals surface area (Å²) in [6.45, 7) is 4.72. The third kappa shape index (κ3) is 3.73. The summed E-state index contributed by atoms with van der Waals surface area (Å²) in [7, 11) is 0. The van der Waals surface area contributed by atoms with Crippen molar-refractivity contribution in [2.45, 2.75) is 45.2 Å². The number of anilines is 2. The van der Waals surface area contributed by atoms with Crippen LogP contribution in [0.2, 0.25) is 0 Å². The van der Waals surface area contributed by atoms with Crippen LogP contribution in [-0.2, 0) is 6.54 Å². The molecule has 3 heterocycles. The average Bonchev–Trinajstić information content (AvgIpc) is 3.58. The summed E-state index contributed by atoms with van der Waals surface area (Å²) in [5.41, 5.74) is 7.01. The Bertz CT molecular complexity index is 1370. The minimum Gasteiger partial charge on any atom is -0.345 e. The molecule has 2 N–H and O–H groups in total. The Kier molecular flexibility index (Phi) is 4.90. The number of aromatic nitrogens is 4. The smallest absolute Gasteiger partial charge is 0.252 e. The second-order valence-electron chi connectivity index (χ2n) is 9.02. The van der Waals surface area contributed by atoms with E-state index < -0.39 is 0 Å². The lowest BCUT2D eigenvalue weighted by Crippen LogP contribution is -2.16. The molecular formula is C27H26N6O. The average molecular weight is 451 g/mol. The first-order valence-corrected chi connectivity index (χ1v) is 11.8. The fraction of sp³-hybridized carbons (Fsp3) is 0.259. The zero-order valence-electron chi connectivity index (χ0n) is 19.2. The van der Waals surface area contributed by atoms with Gasteiger partial charge in [0.25, 0.3) is 5.91 Å². The molecule has 170 valence electrons. The standard InChI is InChI=1S/C27H26N6O/c1-3-33-27(30-21-11-12-22-23(14-21)16(2)29-26(22)34)31-25(32-33)19-8-4-17(5-9-19)20-10-13-24(28-15-20)18-6-7-18/h4-5,8-16,18H,3,6-7H2,1-2H3,(H,29,34)(H,30,31,32). The minimum atomic E-state index is -0.0221. The highest BCUT2D eigenvalue weighted by atomic mass is 16.2. The van der Waals surface area contributed by atoms with Crippen molar-refractivity contribution in [3.05, 3.63) is 77.6 Å². The molecule has 0 radical (unpaired) electrons. The molecule has 6 rings (SSSR count). The first kappa shape index (κ1) is 20.6. The molecule has 1 fully saturated rings. The van der Waals surface area contributed by atoms with Crippen LogP contribution in [0, 0.1) is 0 Å². The summed E-state index contributed by atoms with van der Waals surface area (Å²) >= 11 is 0. The highest BCUT2D eigenvalue weighted by molar-refractivity contribution is 5.99. The van der Waals surface area contributed by atoms with Gasteiger partial charge in [-0.15, -0.1) is 5.10 Å². The van der Waals surface area contributed by atoms with Gasteiger partial charge < -0.3 is 10.6 Å². The minimum absolute atomic E-state index is 0.00230. The van der Waals surface area contributed by atoms with E-state index in [-0.39, 0.29) is 11.9 Å². The number of aryl methyl sites for hydroxylation is 1. The number of hydrogen-bond donors (Lipinski definition) is 2. The van der Waals surface area contributed by atoms with Crippen LogP contribution in [0.5, 0.6) is 0 Å². The summed E-state index contributed by atoms with van der Waals surface area (Å²) in [6.07, 6.45) is 4.49. The van der Waals surface area contributed by atoms with Crippen LogP contribution in [0.1, 0.15) is 60.3 Å². The molecule has 0 spiro atoms. The molecule has 1 amide bonds. The van der Waals surface area contributed by atoms with E-state index in [4.69, 9.17) is 10.1 Å². The zero-order chi connectivity index (χ0) is 23.2. The van der Waals surface area contributed by atoms with Gasteiger partial charge in [0.1, 0.15) is 0 Å². The van der Waals surface area contributed by atoms with Crippen LogP contribution < -0.4 is 10.6 Å². The van der Waals surface area contributed by atoms with E-state index in [1.807, 2.05) is 42.9 Å². The van der Waals surface area contributed by atoms with Gasteiger partial charge in [-0.2, -0.15) is 4.98 Å². The maximum absolute atomic E-state index is 12.0. The Labute approximate surface area is 198 Å². The van der Waals surface area contributed by atoms with E-state index in [1.54, 1.807) is 0 Å². The lowest BCUT2D eigenvalue weighted by molar-refractivity contribution is 0.0958. The fourth-order valence-corrected chi connectivity index (χ4v) is 4.47. The molecule has 0 bridgehead atoms. The number of nitrogens with zero attached hydrogens (tertiary/aromatic N) is 4. The quantitative estimate of drug-likeness (QED) is 0.408. The fourth-order valence-electron chi connectivity index (χ4n) is 4.47. The van der Waals surface area contributed by atoms with Gasteiger partial charge in [0, 0.05) is 46.7 Å². The predicted octanol–water partition coefficient (Wildman–Crippen LogP) is 5.45. The van der Waals surface area contributed by atoms with Gasteiger partial charge >= 0.3 is 0 Å². The van der Waals surface area contributed by atoms with Crippen LogP contribution in [0.3, 0.4) is 0 Å². The molecule has 7 nitrogen and oxygen atoms in total. The summed E-state index contributed by atoms with van der Waals surface area (Å²) in [5, 5.41) is 11.0. The normalized spacial score (nSPS) is 16.9. The third-order valence-electron chi connectivity index (χ3n) is 6.60. The summed E-state index contributed by atoms with van der Waals surface area (Å²) < 4.78 is 1.85. The number of nitrogens with one attached hydrogen (secondary N) is 2. The second kappa shape index (κ2) is 8.09. The van der Waals surface area contributed by atoms with E-state index >= 15 is 0 Å². The molecule has 4 aromatic rings. The van der Waals surface area contributed by atoms with Crippen LogP contribution in [0.25, 0.3) is 22.5 Å². The van der Waals surface area contributed by atoms with Gasteiger partial charge in [-0.25, -0.2) is 4.68 Å². The van der Waals surface area contributed by atoms with Gasteiger partial charge in [0.15, 0.2) is 5.82 Å². The number of rotatable bonds is 6. The highest BCUT2D eigenvalue weighted by Crippen LogP contribution is 2.39. The van der Waals surface area contributed by atoms with Crippen LogP contribution in [0.15, 0.2) is 60.8 Å². The molecule has 34 heavy (non-hydrogen) atoms. The largest absolute Gasteiger partial charge is 0.345 e. The van der Waals surface area contributed by atoms with Crippen LogP contribution in [-0.4, -0.2) is 25.7 Å². The molecule has 2 aromatic carbocycles. The topological polar surface area (TPSA) is 84.7 Å². The molecule has 1 aliphatic carbocycles.